The zero-order valence-corrected chi connectivity index (χ0v) is 21.3. The lowest BCUT2D eigenvalue weighted by Crippen LogP contribution is -2.33. The van der Waals surface area contributed by atoms with Crippen molar-refractivity contribution in [1.82, 2.24) is 10.2 Å². The summed E-state index contributed by atoms with van der Waals surface area (Å²) >= 11 is 0. The van der Waals surface area contributed by atoms with Gasteiger partial charge in [-0.05, 0) is 79.4 Å². The number of rotatable bonds is 13. The first-order chi connectivity index (χ1) is 16.7. The Labute approximate surface area is 207 Å². The van der Waals surface area contributed by atoms with E-state index >= 15 is 0 Å². The second-order valence-electron chi connectivity index (χ2n) is 9.11. The van der Waals surface area contributed by atoms with Gasteiger partial charge >= 0.3 is 5.97 Å². The Morgan fingerprint density at radius 2 is 1.66 bits per heavy atom. The van der Waals surface area contributed by atoms with Crippen molar-refractivity contribution in [2.75, 3.05) is 48.0 Å². The number of hydrogen-bond acceptors (Lipinski definition) is 6. The van der Waals surface area contributed by atoms with Gasteiger partial charge in [-0.1, -0.05) is 6.07 Å². The number of fused-ring (bicyclic) bond motifs is 1. The number of carboxylic acid groups (broad SMARTS) is 1. The Morgan fingerprint density at radius 3 is 2.31 bits per heavy atom. The molecule has 0 heterocycles. The zero-order chi connectivity index (χ0) is 25.5. The van der Waals surface area contributed by atoms with Crippen molar-refractivity contribution in [3.8, 4) is 17.2 Å². The molecule has 1 atom stereocenters. The Hall–Kier alpha value is -3.26. The van der Waals surface area contributed by atoms with Crippen LogP contribution in [-0.4, -0.2) is 69.9 Å². The van der Waals surface area contributed by atoms with Crippen molar-refractivity contribution < 1.29 is 28.9 Å². The molecule has 0 saturated carbocycles. The molecule has 0 spiro atoms. The summed E-state index contributed by atoms with van der Waals surface area (Å²) < 4.78 is 16.2. The van der Waals surface area contributed by atoms with Crippen LogP contribution in [0.15, 0.2) is 24.3 Å². The number of amides is 1. The highest BCUT2D eigenvalue weighted by Gasteiger charge is 2.29. The smallest absolute Gasteiger partial charge is 0.307 e. The van der Waals surface area contributed by atoms with E-state index < -0.39 is 5.97 Å². The summed E-state index contributed by atoms with van der Waals surface area (Å²) in [5, 5.41) is 12.2. The van der Waals surface area contributed by atoms with Gasteiger partial charge in [-0.2, -0.15) is 0 Å². The van der Waals surface area contributed by atoms with Crippen molar-refractivity contribution >= 4 is 11.9 Å². The first kappa shape index (κ1) is 26.3. The number of nitrogens with zero attached hydrogens (tertiary/aromatic N) is 1. The topological polar surface area (TPSA) is 97.3 Å². The first-order valence-electron chi connectivity index (χ1n) is 11.8. The molecule has 0 aliphatic heterocycles. The van der Waals surface area contributed by atoms with Crippen LogP contribution in [-0.2, 0) is 28.9 Å². The van der Waals surface area contributed by atoms with Gasteiger partial charge in [0.15, 0.2) is 11.5 Å². The summed E-state index contributed by atoms with van der Waals surface area (Å²) in [7, 11) is 6.96. The van der Waals surface area contributed by atoms with Crippen LogP contribution in [0.4, 0.5) is 0 Å². The van der Waals surface area contributed by atoms with Crippen LogP contribution in [0, 0.1) is 6.92 Å². The average molecular weight is 485 g/mol. The van der Waals surface area contributed by atoms with Gasteiger partial charge in [0.05, 0.1) is 34.2 Å². The number of aryl methyl sites for hydroxylation is 1. The van der Waals surface area contributed by atoms with E-state index in [1.54, 1.807) is 33.5 Å². The van der Waals surface area contributed by atoms with Gasteiger partial charge in [0, 0.05) is 19.0 Å². The van der Waals surface area contributed by atoms with E-state index in [2.05, 4.69) is 29.4 Å². The van der Waals surface area contributed by atoms with E-state index in [0.29, 0.717) is 29.3 Å². The molecule has 0 aromatic heterocycles. The van der Waals surface area contributed by atoms with Crippen LogP contribution < -0.4 is 19.5 Å². The molecule has 2 N–H and O–H groups in total. The second-order valence-corrected chi connectivity index (χ2v) is 9.11. The Kier molecular flexibility index (Phi) is 8.98. The average Bonchev–Trinajstić information content (AvgIpc) is 2.81. The minimum atomic E-state index is -0.925. The molecule has 190 valence electrons. The molecule has 2 aromatic carbocycles. The number of aliphatic carboxylic acids is 1. The lowest BCUT2D eigenvalue weighted by Gasteiger charge is -2.34. The Balaban J connectivity index is 1.45. The monoisotopic (exact) mass is 484 g/mol. The summed E-state index contributed by atoms with van der Waals surface area (Å²) in [6.45, 7) is 4.23. The highest BCUT2D eigenvalue weighted by molar-refractivity contribution is 5.80. The summed E-state index contributed by atoms with van der Waals surface area (Å²) in [5.74, 6) is 1.60. The van der Waals surface area contributed by atoms with Gasteiger partial charge in [-0.25, -0.2) is 0 Å². The van der Waals surface area contributed by atoms with Gasteiger partial charge in [-0.3, -0.25) is 9.59 Å². The standard InChI is InChI=1S/C27H36N2O6/c1-17-9-18(14-27(31)32)19(11-23(17)33-3)13-26(30)28-7-6-8-29(2)16-21-10-20-12-24(34-4)25(35-5)15-22(20)21/h9,11-12,15,21H,6-8,10,13-14,16H2,1-5H3,(H,28,30)(H,31,32). The summed E-state index contributed by atoms with van der Waals surface area (Å²) in [5.41, 5.74) is 4.79. The largest absolute Gasteiger partial charge is 0.496 e. The van der Waals surface area contributed by atoms with Gasteiger partial charge in [0.2, 0.25) is 5.91 Å². The fourth-order valence-corrected chi connectivity index (χ4v) is 4.68. The Morgan fingerprint density at radius 1 is 1.00 bits per heavy atom. The van der Waals surface area contributed by atoms with Crippen LogP contribution in [0.1, 0.15) is 40.2 Å². The molecule has 0 fully saturated rings. The van der Waals surface area contributed by atoms with Gasteiger partial charge < -0.3 is 29.5 Å². The fourth-order valence-electron chi connectivity index (χ4n) is 4.68. The van der Waals surface area contributed by atoms with E-state index in [1.165, 1.54) is 11.1 Å². The second kappa shape index (κ2) is 11.9. The molecule has 8 nitrogen and oxygen atoms in total. The van der Waals surface area contributed by atoms with Crippen LogP contribution in [0.25, 0.3) is 0 Å². The maximum absolute atomic E-state index is 12.5. The number of hydrogen-bond donors (Lipinski definition) is 2. The number of nitrogens with one attached hydrogen (secondary N) is 1. The zero-order valence-electron chi connectivity index (χ0n) is 21.3. The SMILES string of the molecule is COc1cc(CC(=O)NCCCN(C)CC2Cc3cc(OC)c(OC)cc32)c(CC(=O)O)cc1C. The van der Waals surface area contributed by atoms with E-state index in [-0.39, 0.29) is 18.7 Å². The highest BCUT2D eigenvalue weighted by atomic mass is 16.5. The van der Waals surface area contributed by atoms with Crippen molar-refractivity contribution in [3.63, 3.8) is 0 Å². The van der Waals surface area contributed by atoms with E-state index in [9.17, 15) is 14.7 Å². The number of carbonyl (C=O) groups is 2. The molecule has 0 saturated heterocycles. The number of ether oxygens (including phenoxy) is 3. The third kappa shape index (κ3) is 6.66. The lowest BCUT2D eigenvalue weighted by atomic mass is 9.77. The maximum atomic E-state index is 12.5. The van der Waals surface area contributed by atoms with Crippen LogP contribution in [0.5, 0.6) is 17.2 Å². The number of methoxy groups -OCH3 is 3. The molecule has 1 amide bonds. The van der Waals surface area contributed by atoms with Crippen LogP contribution in [0.2, 0.25) is 0 Å². The molecule has 3 rings (SSSR count). The summed E-state index contributed by atoms with van der Waals surface area (Å²) in [6.07, 6.45) is 1.85. The molecule has 0 bridgehead atoms. The van der Waals surface area contributed by atoms with Crippen molar-refractivity contribution in [2.24, 2.45) is 0 Å². The van der Waals surface area contributed by atoms with E-state index in [1.807, 2.05) is 6.92 Å². The van der Waals surface area contributed by atoms with Crippen LogP contribution >= 0.6 is 0 Å². The van der Waals surface area contributed by atoms with E-state index in [0.717, 1.165) is 43.0 Å². The molecule has 1 unspecified atom stereocenters. The predicted molar refractivity (Wildman–Crippen MR) is 134 cm³/mol. The predicted octanol–water partition coefficient (Wildman–Crippen LogP) is 2.97. The molecule has 8 heteroatoms. The lowest BCUT2D eigenvalue weighted by molar-refractivity contribution is -0.136. The summed E-state index contributed by atoms with van der Waals surface area (Å²) in [6, 6.07) is 7.69. The van der Waals surface area contributed by atoms with E-state index in [4.69, 9.17) is 14.2 Å². The van der Waals surface area contributed by atoms with Gasteiger partial charge in [-0.15, -0.1) is 0 Å². The summed E-state index contributed by atoms with van der Waals surface area (Å²) in [4.78, 5) is 26.0. The minimum absolute atomic E-state index is 0.124. The number of carbonyl (C=O) groups excluding carboxylic acids is 1. The van der Waals surface area contributed by atoms with Gasteiger partial charge in [0.1, 0.15) is 5.75 Å². The number of likely N-dealkylation sites (N-methyl/N-ethyl adjacent to an activating group) is 1. The third-order valence-corrected chi connectivity index (χ3v) is 6.53. The number of carboxylic acids is 1. The third-order valence-electron chi connectivity index (χ3n) is 6.53. The van der Waals surface area contributed by atoms with Gasteiger partial charge in [0.25, 0.3) is 0 Å². The molecular weight excluding hydrogens is 448 g/mol. The molecule has 0 radical (unpaired) electrons. The molecule has 1 aliphatic carbocycles. The molecule has 35 heavy (non-hydrogen) atoms. The highest BCUT2D eigenvalue weighted by Crippen LogP contribution is 2.42. The molecule has 1 aliphatic rings. The minimum Gasteiger partial charge on any atom is -0.496 e. The molecule has 2 aromatic rings. The normalized spacial score (nSPS) is 14.2. The van der Waals surface area contributed by atoms with Crippen molar-refractivity contribution in [2.45, 2.75) is 38.5 Å². The first-order valence-corrected chi connectivity index (χ1v) is 11.8. The van der Waals surface area contributed by atoms with Crippen molar-refractivity contribution in [3.05, 3.63) is 52.1 Å². The Bertz CT molecular complexity index is 1070. The van der Waals surface area contributed by atoms with Crippen LogP contribution in [0.3, 0.4) is 0 Å². The number of benzene rings is 2. The van der Waals surface area contributed by atoms with Crippen molar-refractivity contribution in [1.29, 1.82) is 0 Å². The quantitative estimate of drug-likeness (QED) is 0.422. The maximum Gasteiger partial charge on any atom is 0.307 e. The molecular formula is C27H36N2O6. The fraction of sp³-hybridized carbons (Fsp3) is 0.481.